The normalized spacial score (nSPS) is 16.2. The lowest BCUT2D eigenvalue weighted by atomic mass is 9.89. The maximum atomic E-state index is 13.2. The molecule has 0 unspecified atom stereocenters. The van der Waals surface area contributed by atoms with Crippen LogP contribution in [-0.2, 0) is 19.6 Å². The molecule has 11 heteroatoms. The molecule has 1 aliphatic rings. The van der Waals surface area contributed by atoms with Crippen LogP contribution in [0.4, 0.5) is 17.6 Å². The number of ether oxygens (including phenoxy) is 1. The first kappa shape index (κ1) is 29.1. The van der Waals surface area contributed by atoms with Crippen molar-refractivity contribution in [1.82, 2.24) is 4.90 Å². The van der Waals surface area contributed by atoms with Crippen LogP contribution in [0.15, 0.2) is 0 Å². The van der Waals surface area contributed by atoms with E-state index in [4.69, 9.17) is 9.29 Å². The van der Waals surface area contributed by atoms with Crippen LogP contribution in [0.1, 0.15) is 72.1 Å². The highest BCUT2D eigenvalue weighted by Gasteiger charge is 2.64. The van der Waals surface area contributed by atoms with E-state index in [0.29, 0.717) is 0 Å². The summed E-state index contributed by atoms with van der Waals surface area (Å²) in [5.74, 6) is -5.51. The first-order valence-electron chi connectivity index (χ1n) is 10.5. The van der Waals surface area contributed by atoms with Crippen molar-refractivity contribution < 1.29 is 40.1 Å². The van der Waals surface area contributed by atoms with E-state index < -0.39 is 40.1 Å². The second-order valence-corrected chi connectivity index (χ2v) is 8.74. The second kappa shape index (κ2) is 13.5. The zero-order valence-electron chi connectivity index (χ0n) is 18.0. The van der Waals surface area contributed by atoms with E-state index in [9.17, 15) is 30.8 Å². The van der Waals surface area contributed by atoms with Crippen LogP contribution in [-0.4, -0.2) is 61.3 Å². The molecule has 0 heterocycles. The van der Waals surface area contributed by atoms with Crippen molar-refractivity contribution in [2.45, 2.75) is 83.3 Å². The third-order valence-electron chi connectivity index (χ3n) is 5.16. The molecule has 0 atom stereocenters. The Morgan fingerprint density at radius 2 is 1.50 bits per heavy atom. The van der Waals surface area contributed by atoms with Crippen molar-refractivity contribution >= 4 is 16.1 Å². The Morgan fingerprint density at radius 1 is 1.00 bits per heavy atom. The molecule has 180 valence electrons. The number of carbonyl (C=O) groups excluding carboxylic acids is 1. The van der Waals surface area contributed by atoms with Gasteiger partial charge in [0.2, 0.25) is 0 Å². The zero-order chi connectivity index (χ0) is 23.4. The molecule has 1 saturated carbocycles. The predicted octanol–water partition coefficient (Wildman–Crippen LogP) is 4.74. The highest BCUT2D eigenvalue weighted by Crippen LogP contribution is 2.41. The molecule has 1 aliphatic carbocycles. The molecule has 0 saturated heterocycles. The summed E-state index contributed by atoms with van der Waals surface area (Å²) in [4.78, 5) is 14.0. The van der Waals surface area contributed by atoms with E-state index in [1.54, 1.807) is 0 Å². The van der Waals surface area contributed by atoms with Gasteiger partial charge in [-0.2, -0.15) is 26.0 Å². The summed E-state index contributed by atoms with van der Waals surface area (Å²) in [5, 5.41) is -5.54. The number of unbranched alkanes of at least 4 members (excludes halogenated alkanes) is 1. The van der Waals surface area contributed by atoms with Gasteiger partial charge in [-0.25, -0.2) is 0 Å². The average molecular weight is 466 g/mol. The van der Waals surface area contributed by atoms with Gasteiger partial charge < -0.3 is 9.64 Å². The second-order valence-electron chi connectivity index (χ2n) is 7.28. The van der Waals surface area contributed by atoms with E-state index in [-0.39, 0.29) is 18.9 Å². The van der Waals surface area contributed by atoms with E-state index in [1.165, 1.54) is 19.6 Å². The van der Waals surface area contributed by atoms with Gasteiger partial charge in [0, 0.05) is 6.42 Å². The molecule has 0 aromatic heterocycles. The number of carbonyl (C=O) groups is 1. The van der Waals surface area contributed by atoms with Gasteiger partial charge in [0.15, 0.2) is 0 Å². The summed E-state index contributed by atoms with van der Waals surface area (Å²) >= 11 is 0. The molecule has 0 radical (unpaired) electrons. The van der Waals surface area contributed by atoms with Crippen LogP contribution in [0.5, 0.6) is 0 Å². The Balaban J connectivity index is 0.00000103. The third-order valence-corrected chi connectivity index (χ3v) is 6.11. The van der Waals surface area contributed by atoms with Gasteiger partial charge in [-0.05, 0) is 45.3 Å². The fraction of sp³-hybridized carbons (Fsp3) is 0.947. The van der Waals surface area contributed by atoms with Gasteiger partial charge in [0.25, 0.3) is 0 Å². The highest BCUT2D eigenvalue weighted by molar-refractivity contribution is 7.87. The molecule has 0 aromatic carbocycles. The lowest BCUT2D eigenvalue weighted by Crippen LogP contribution is -2.46. The maximum Gasteiger partial charge on any atom is 0.431 e. The molecule has 1 rings (SSSR count). The molecule has 6 nitrogen and oxygen atoms in total. The molecule has 0 spiro atoms. The highest BCUT2D eigenvalue weighted by atomic mass is 32.2. The minimum atomic E-state index is -6.20. The van der Waals surface area contributed by atoms with Gasteiger partial charge in [0.05, 0.1) is 12.5 Å². The Labute approximate surface area is 177 Å². The molecule has 1 fully saturated rings. The van der Waals surface area contributed by atoms with Crippen molar-refractivity contribution in [2.75, 3.05) is 26.2 Å². The number of halogens is 4. The van der Waals surface area contributed by atoms with Gasteiger partial charge in [-0.1, -0.05) is 40.0 Å². The van der Waals surface area contributed by atoms with Gasteiger partial charge in [-0.3, -0.25) is 9.35 Å². The third kappa shape index (κ3) is 9.47. The summed E-state index contributed by atoms with van der Waals surface area (Å²) in [5.41, 5.74) is 0. The van der Waals surface area contributed by atoms with Crippen LogP contribution in [0.25, 0.3) is 0 Å². The fourth-order valence-electron chi connectivity index (χ4n) is 3.08. The Hall–Kier alpha value is -0.940. The standard InChI is InChI=1S/C13H20F4O5S.C6H15N/c14-12(15,13(16,17)23(19,20)21)8-4-5-9-22-11(18)10-6-2-1-3-7-10;1-4-7(5-2)6-3/h10H,1-9H2,(H,19,20,21);4-6H2,1-3H3. The van der Waals surface area contributed by atoms with E-state index in [0.717, 1.165) is 32.1 Å². The minimum absolute atomic E-state index is 0.102. The van der Waals surface area contributed by atoms with Gasteiger partial charge in [-0.15, -0.1) is 0 Å². The van der Waals surface area contributed by atoms with E-state index in [1.807, 2.05) is 0 Å². The summed E-state index contributed by atoms with van der Waals surface area (Å²) in [6, 6.07) is 0. The number of hydrogen-bond donors (Lipinski definition) is 1. The summed E-state index contributed by atoms with van der Waals surface area (Å²) in [7, 11) is -6.20. The molecule has 0 aromatic rings. The van der Waals surface area contributed by atoms with Crippen LogP contribution in [0.2, 0.25) is 0 Å². The number of nitrogens with zero attached hydrogens (tertiary/aromatic N) is 1. The molecule has 0 amide bonds. The monoisotopic (exact) mass is 465 g/mol. The lowest BCUT2D eigenvalue weighted by molar-refractivity contribution is -0.165. The minimum Gasteiger partial charge on any atom is -0.465 e. The van der Waals surface area contributed by atoms with E-state index in [2.05, 4.69) is 25.7 Å². The SMILES string of the molecule is CCN(CC)CC.O=C(OCCCCC(F)(F)C(F)(F)S(=O)(=O)O)C1CCCCC1. The van der Waals surface area contributed by atoms with Crippen LogP contribution >= 0.6 is 0 Å². The molecular formula is C19H35F4NO5S. The largest absolute Gasteiger partial charge is 0.465 e. The Kier molecular flexibility index (Phi) is 13.0. The maximum absolute atomic E-state index is 13.2. The topological polar surface area (TPSA) is 83.9 Å². The molecular weight excluding hydrogens is 430 g/mol. The number of esters is 1. The molecule has 30 heavy (non-hydrogen) atoms. The fourth-order valence-corrected chi connectivity index (χ4v) is 3.56. The number of alkyl halides is 4. The summed E-state index contributed by atoms with van der Waals surface area (Å²) < 4.78 is 85.9. The van der Waals surface area contributed by atoms with Crippen molar-refractivity contribution in [1.29, 1.82) is 0 Å². The molecule has 0 aliphatic heterocycles. The molecule has 1 N–H and O–H groups in total. The van der Waals surface area contributed by atoms with Crippen LogP contribution in [0.3, 0.4) is 0 Å². The quantitative estimate of drug-likeness (QED) is 0.205. The first-order valence-corrected chi connectivity index (χ1v) is 11.9. The van der Waals surface area contributed by atoms with E-state index >= 15 is 0 Å². The predicted molar refractivity (Wildman–Crippen MR) is 106 cm³/mol. The average Bonchev–Trinajstić information content (AvgIpc) is 2.69. The first-order chi connectivity index (χ1) is 13.8. The zero-order valence-corrected chi connectivity index (χ0v) is 18.8. The molecule has 0 bridgehead atoms. The Bertz CT molecular complexity index is 586. The lowest BCUT2D eigenvalue weighted by Gasteiger charge is -2.23. The van der Waals surface area contributed by atoms with Gasteiger partial charge >= 0.3 is 27.3 Å². The van der Waals surface area contributed by atoms with Crippen molar-refractivity contribution in [2.24, 2.45) is 5.92 Å². The van der Waals surface area contributed by atoms with Gasteiger partial charge in [0.1, 0.15) is 0 Å². The summed E-state index contributed by atoms with van der Waals surface area (Å²) in [6.45, 7) is 9.93. The van der Waals surface area contributed by atoms with Crippen molar-refractivity contribution in [3.63, 3.8) is 0 Å². The van der Waals surface area contributed by atoms with Crippen molar-refractivity contribution in [3.05, 3.63) is 0 Å². The smallest absolute Gasteiger partial charge is 0.431 e. The summed E-state index contributed by atoms with van der Waals surface area (Å²) in [6.07, 6.45) is 2.33. The van der Waals surface area contributed by atoms with Crippen LogP contribution < -0.4 is 0 Å². The Morgan fingerprint density at radius 3 is 1.90 bits per heavy atom. The van der Waals surface area contributed by atoms with Crippen molar-refractivity contribution in [3.8, 4) is 0 Å². The van der Waals surface area contributed by atoms with Crippen LogP contribution in [0, 0.1) is 5.92 Å². The number of hydrogen-bond acceptors (Lipinski definition) is 5. The number of rotatable bonds is 11.